The fraction of sp³-hybridized carbons (Fsp3) is 0.188. The van der Waals surface area contributed by atoms with Crippen LogP contribution in [0.4, 0.5) is 0 Å². The summed E-state index contributed by atoms with van der Waals surface area (Å²) < 4.78 is 39.1. The van der Waals surface area contributed by atoms with E-state index in [1.54, 1.807) is 31.2 Å². The van der Waals surface area contributed by atoms with Gasteiger partial charge in [-0.25, -0.2) is 13.1 Å². The average molecular weight is 348 g/mol. The second-order valence-corrected chi connectivity index (χ2v) is 8.16. The zero-order valence-electron chi connectivity index (χ0n) is 12.5. The van der Waals surface area contributed by atoms with E-state index in [4.69, 9.17) is 5.26 Å². The fourth-order valence-electron chi connectivity index (χ4n) is 2.06. The van der Waals surface area contributed by atoms with E-state index in [0.29, 0.717) is 16.0 Å². The van der Waals surface area contributed by atoms with Crippen LogP contribution in [0.15, 0.2) is 58.3 Å². The van der Waals surface area contributed by atoms with Crippen molar-refractivity contribution in [3.05, 3.63) is 59.7 Å². The van der Waals surface area contributed by atoms with Crippen LogP contribution in [0.5, 0.6) is 0 Å². The molecule has 0 amide bonds. The summed E-state index contributed by atoms with van der Waals surface area (Å²) in [5.74, 6) is 0.193. The first-order chi connectivity index (χ1) is 10.9. The number of hydrogen-bond acceptors (Lipinski definition) is 4. The zero-order valence-corrected chi connectivity index (χ0v) is 14.2. The Balaban J connectivity index is 2.02. The van der Waals surface area contributed by atoms with E-state index < -0.39 is 20.8 Å². The number of nitriles is 1. The first-order valence-corrected chi connectivity index (χ1v) is 9.68. The van der Waals surface area contributed by atoms with Crippen molar-refractivity contribution in [2.24, 2.45) is 0 Å². The number of aryl methyl sites for hydroxylation is 1. The van der Waals surface area contributed by atoms with Crippen molar-refractivity contribution in [3.63, 3.8) is 0 Å². The molecule has 0 unspecified atom stereocenters. The molecule has 0 aliphatic rings. The van der Waals surface area contributed by atoms with Gasteiger partial charge in [-0.2, -0.15) is 5.26 Å². The summed E-state index contributed by atoms with van der Waals surface area (Å²) in [5, 5.41) is 8.82. The molecule has 0 radical (unpaired) electrons. The van der Waals surface area contributed by atoms with Crippen LogP contribution < -0.4 is 4.72 Å². The average Bonchev–Trinajstić information content (AvgIpc) is 2.55. The minimum atomic E-state index is -3.69. The third kappa shape index (κ3) is 4.48. The molecule has 2 aromatic rings. The molecule has 0 heterocycles. The van der Waals surface area contributed by atoms with Crippen LogP contribution in [0.25, 0.3) is 0 Å². The SMILES string of the molecule is Cc1cc(C#N)ccc1S(=O)(=O)NCC[S@@](=O)c1ccccc1. The van der Waals surface area contributed by atoms with Crippen molar-refractivity contribution in [3.8, 4) is 6.07 Å². The summed E-state index contributed by atoms with van der Waals surface area (Å²) in [5.41, 5.74) is 0.910. The summed E-state index contributed by atoms with van der Waals surface area (Å²) in [6.45, 7) is 1.71. The molecule has 7 heteroatoms. The Morgan fingerprint density at radius 2 is 1.87 bits per heavy atom. The first kappa shape index (κ1) is 17.3. The molecule has 0 saturated carbocycles. The molecule has 0 spiro atoms. The summed E-state index contributed by atoms with van der Waals surface area (Å²) >= 11 is 0. The van der Waals surface area contributed by atoms with E-state index in [0.717, 1.165) is 0 Å². The van der Waals surface area contributed by atoms with Crippen LogP contribution in [-0.4, -0.2) is 24.9 Å². The number of nitrogens with one attached hydrogen (secondary N) is 1. The van der Waals surface area contributed by atoms with Gasteiger partial charge in [-0.3, -0.25) is 4.21 Å². The summed E-state index contributed by atoms with van der Waals surface area (Å²) in [7, 11) is -4.94. The van der Waals surface area contributed by atoms with Crippen LogP contribution in [0.3, 0.4) is 0 Å². The molecular formula is C16H16N2O3S2. The second kappa shape index (κ2) is 7.51. The topological polar surface area (TPSA) is 87.0 Å². The number of hydrogen-bond donors (Lipinski definition) is 1. The Bertz CT molecular complexity index is 857. The number of sulfonamides is 1. The van der Waals surface area contributed by atoms with E-state index >= 15 is 0 Å². The third-order valence-electron chi connectivity index (χ3n) is 3.18. The Kier molecular flexibility index (Phi) is 5.66. The molecule has 2 aromatic carbocycles. The van der Waals surface area contributed by atoms with E-state index in [-0.39, 0.29) is 17.2 Å². The lowest BCUT2D eigenvalue weighted by Gasteiger charge is -2.09. The van der Waals surface area contributed by atoms with Crippen LogP contribution in [0, 0.1) is 18.3 Å². The maximum absolute atomic E-state index is 12.3. The third-order valence-corrected chi connectivity index (χ3v) is 6.17. The van der Waals surface area contributed by atoms with Crippen molar-refractivity contribution in [2.75, 3.05) is 12.3 Å². The minimum absolute atomic E-state index is 0.0727. The lowest BCUT2D eigenvalue weighted by molar-refractivity contribution is 0.583. The zero-order chi connectivity index (χ0) is 16.9. The van der Waals surface area contributed by atoms with E-state index in [9.17, 15) is 12.6 Å². The Morgan fingerprint density at radius 1 is 1.17 bits per heavy atom. The monoisotopic (exact) mass is 348 g/mol. The van der Waals surface area contributed by atoms with Crippen molar-refractivity contribution < 1.29 is 12.6 Å². The Labute approximate surface area is 138 Å². The quantitative estimate of drug-likeness (QED) is 0.864. The standard InChI is InChI=1S/C16H16N2O3S2/c1-13-11-14(12-17)7-8-16(13)23(20,21)18-9-10-22(19)15-5-3-2-4-6-15/h2-8,11,18H,9-10H2,1H3/t22-/m1/s1. The highest BCUT2D eigenvalue weighted by molar-refractivity contribution is 7.89. The molecule has 120 valence electrons. The second-order valence-electron chi connectivity index (χ2n) is 4.85. The predicted octanol–water partition coefficient (Wildman–Crippen LogP) is 1.95. The Hall–Kier alpha value is -2.01. The maximum Gasteiger partial charge on any atom is 0.240 e. The van der Waals surface area contributed by atoms with Gasteiger partial charge in [0.1, 0.15) is 0 Å². The summed E-state index contributed by atoms with van der Waals surface area (Å²) in [6.07, 6.45) is 0. The Morgan fingerprint density at radius 3 is 2.48 bits per heavy atom. The van der Waals surface area contributed by atoms with Crippen molar-refractivity contribution in [1.82, 2.24) is 4.72 Å². The molecule has 0 aliphatic carbocycles. The highest BCUT2D eigenvalue weighted by Crippen LogP contribution is 2.16. The van der Waals surface area contributed by atoms with Crippen LogP contribution in [-0.2, 0) is 20.8 Å². The van der Waals surface area contributed by atoms with Gasteiger partial charge in [0.25, 0.3) is 0 Å². The fourth-order valence-corrected chi connectivity index (χ4v) is 4.43. The van der Waals surface area contributed by atoms with Gasteiger partial charge in [0, 0.05) is 17.2 Å². The predicted molar refractivity (Wildman–Crippen MR) is 88.8 cm³/mol. The van der Waals surface area contributed by atoms with Crippen molar-refractivity contribution in [2.45, 2.75) is 16.7 Å². The maximum atomic E-state index is 12.3. The molecule has 0 bridgehead atoms. The van der Waals surface area contributed by atoms with Gasteiger partial charge in [0.2, 0.25) is 10.0 Å². The van der Waals surface area contributed by atoms with Gasteiger partial charge in [-0.1, -0.05) is 18.2 Å². The first-order valence-electron chi connectivity index (χ1n) is 6.88. The smallest absolute Gasteiger partial charge is 0.240 e. The van der Waals surface area contributed by atoms with Crippen LogP contribution in [0.2, 0.25) is 0 Å². The van der Waals surface area contributed by atoms with Gasteiger partial charge in [0.15, 0.2) is 0 Å². The van der Waals surface area contributed by atoms with Crippen LogP contribution in [0.1, 0.15) is 11.1 Å². The molecular weight excluding hydrogens is 332 g/mol. The summed E-state index contributed by atoms with van der Waals surface area (Å²) in [4.78, 5) is 0.795. The highest BCUT2D eigenvalue weighted by Gasteiger charge is 2.17. The van der Waals surface area contributed by atoms with E-state index in [1.807, 2.05) is 12.1 Å². The molecule has 1 atom stereocenters. The lowest BCUT2D eigenvalue weighted by atomic mass is 10.2. The minimum Gasteiger partial charge on any atom is -0.254 e. The number of nitrogens with zero attached hydrogens (tertiary/aromatic N) is 1. The summed E-state index contributed by atoms with van der Waals surface area (Å²) in [6, 6.07) is 15.3. The van der Waals surface area contributed by atoms with Crippen molar-refractivity contribution >= 4 is 20.8 Å². The van der Waals surface area contributed by atoms with Crippen molar-refractivity contribution in [1.29, 1.82) is 5.26 Å². The van der Waals surface area contributed by atoms with E-state index in [2.05, 4.69) is 4.72 Å². The molecule has 1 N–H and O–H groups in total. The van der Waals surface area contributed by atoms with Gasteiger partial charge >= 0.3 is 0 Å². The molecule has 0 aliphatic heterocycles. The van der Waals surface area contributed by atoms with Gasteiger partial charge in [-0.15, -0.1) is 0 Å². The molecule has 0 saturated heterocycles. The van der Waals surface area contributed by atoms with Gasteiger partial charge < -0.3 is 0 Å². The molecule has 2 rings (SSSR count). The van der Waals surface area contributed by atoms with E-state index in [1.165, 1.54) is 18.2 Å². The molecule has 0 aromatic heterocycles. The van der Waals surface area contributed by atoms with Gasteiger partial charge in [0.05, 0.1) is 27.3 Å². The highest BCUT2D eigenvalue weighted by atomic mass is 32.2. The molecule has 5 nitrogen and oxygen atoms in total. The number of rotatable bonds is 6. The van der Waals surface area contributed by atoms with Gasteiger partial charge in [-0.05, 0) is 42.8 Å². The number of benzene rings is 2. The molecule has 23 heavy (non-hydrogen) atoms. The normalized spacial score (nSPS) is 12.5. The molecule has 0 fully saturated rings. The lowest BCUT2D eigenvalue weighted by Crippen LogP contribution is -2.28. The largest absolute Gasteiger partial charge is 0.254 e. The van der Waals surface area contributed by atoms with Crippen LogP contribution >= 0.6 is 0 Å².